The van der Waals surface area contributed by atoms with Crippen LogP contribution in [0.3, 0.4) is 0 Å². The second kappa shape index (κ2) is 8.75. The van der Waals surface area contributed by atoms with E-state index in [1.165, 1.54) is 6.08 Å². The van der Waals surface area contributed by atoms with Gasteiger partial charge in [0.25, 0.3) is 10.0 Å². The predicted molar refractivity (Wildman–Crippen MR) is 115 cm³/mol. The van der Waals surface area contributed by atoms with E-state index in [1.54, 1.807) is 61.7 Å². The molecule has 0 fully saturated rings. The highest BCUT2D eigenvalue weighted by atomic mass is 32.2. The standard InChI is InChI=1S/C23H21NO4S/c1-17-6-13-22(14-7-17)29(26,27)24-20-11-9-19(10-12-20)23(25)15-8-18-4-3-5-21(16-18)28-2/h3-16,24H,1-2H3. The Balaban J connectivity index is 1.70. The molecule has 1 N–H and O–H groups in total. The molecule has 148 valence electrons. The minimum atomic E-state index is -3.68. The monoisotopic (exact) mass is 407 g/mol. The molecular weight excluding hydrogens is 386 g/mol. The number of rotatable bonds is 7. The van der Waals surface area contributed by atoms with E-state index in [4.69, 9.17) is 4.74 Å². The maximum absolute atomic E-state index is 12.4. The van der Waals surface area contributed by atoms with Gasteiger partial charge in [0.2, 0.25) is 0 Å². The highest BCUT2D eigenvalue weighted by molar-refractivity contribution is 7.92. The Kier molecular flexibility index (Phi) is 6.14. The zero-order chi connectivity index (χ0) is 20.9. The number of methoxy groups -OCH3 is 1. The van der Waals surface area contributed by atoms with Crippen LogP contribution in [0.5, 0.6) is 5.75 Å². The number of carbonyl (C=O) groups is 1. The van der Waals surface area contributed by atoms with Gasteiger partial charge in [-0.15, -0.1) is 0 Å². The lowest BCUT2D eigenvalue weighted by molar-refractivity contribution is 0.104. The molecule has 3 aromatic carbocycles. The number of hydrogen-bond donors (Lipinski definition) is 1. The summed E-state index contributed by atoms with van der Waals surface area (Å²) >= 11 is 0. The van der Waals surface area contributed by atoms with Gasteiger partial charge in [0.15, 0.2) is 5.78 Å². The highest BCUT2D eigenvalue weighted by Gasteiger charge is 2.14. The van der Waals surface area contributed by atoms with Crippen LogP contribution in [0.4, 0.5) is 5.69 Å². The van der Waals surface area contributed by atoms with Gasteiger partial charge in [-0.3, -0.25) is 9.52 Å². The Morgan fingerprint density at radius 2 is 1.66 bits per heavy atom. The van der Waals surface area contributed by atoms with Crippen LogP contribution >= 0.6 is 0 Å². The minimum absolute atomic E-state index is 0.180. The summed E-state index contributed by atoms with van der Waals surface area (Å²) in [6.45, 7) is 1.89. The summed E-state index contributed by atoms with van der Waals surface area (Å²) in [7, 11) is -2.09. The topological polar surface area (TPSA) is 72.5 Å². The molecule has 3 aromatic rings. The summed E-state index contributed by atoms with van der Waals surface area (Å²) in [6.07, 6.45) is 3.18. The minimum Gasteiger partial charge on any atom is -0.497 e. The second-order valence-electron chi connectivity index (χ2n) is 6.47. The van der Waals surface area contributed by atoms with Crippen LogP contribution in [0, 0.1) is 6.92 Å². The van der Waals surface area contributed by atoms with Crippen molar-refractivity contribution in [3.05, 3.63) is 95.6 Å². The molecule has 0 heterocycles. The van der Waals surface area contributed by atoms with Gasteiger partial charge >= 0.3 is 0 Å². The van der Waals surface area contributed by atoms with Crippen molar-refractivity contribution in [2.45, 2.75) is 11.8 Å². The third kappa shape index (κ3) is 5.33. The fourth-order valence-corrected chi connectivity index (χ4v) is 3.71. The lowest BCUT2D eigenvalue weighted by Gasteiger charge is -2.08. The lowest BCUT2D eigenvalue weighted by atomic mass is 10.1. The molecule has 0 saturated heterocycles. The number of nitrogens with one attached hydrogen (secondary N) is 1. The number of aryl methyl sites for hydroxylation is 1. The average Bonchev–Trinajstić information content (AvgIpc) is 2.73. The number of ketones is 1. The van der Waals surface area contributed by atoms with E-state index in [2.05, 4.69) is 4.72 Å². The zero-order valence-electron chi connectivity index (χ0n) is 16.1. The van der Waals surface area contributed by atoms with Gasteiger partial charge in [0, 0.05) is 11.3 Å². The largest absolute Gasteiger partial charge is 0.497 e. The van der Waals surface area contributed by atoms with E-state index >= 15 is 0 Å². The van der Waals surface area contributed by atoms with Crippen molar-refractivity contribution >= 4 is 27.6 Å². The van der Waals surface area contributed by atoms with Gasteiger partial charge in [-0.1, -0.05) is 35.9 Å². The van der Waals surface area contributed by atoms with Gasteiger partial charge in [-0.05, 0) is 67.1 Å². The number of carbonyl (C=O) groups excluding carboxylic acids is 1. The number of sulfonamides is 1. The van der Waals surface area contributed by atoms with E-state index in [-0.39, 0.29) is 10.7 Å². The quantitative estimate of drug-likeness (QED) is 0.455. The fraction of sp³-hybridized carbons (Fsp3) is 0.0870. The number of anilines is 1. The molecule has 29 heavy (non-hydrogen) atoms. The third-order valence-corrected chi connectivity index (χ3v) is 5.67. The molecule has 0 aliphatic rings. The molecule has 0 aliphatic heterocycles. The number of allylic oxidation sites excluding steroid dienone is 1. The van der Waals surface area contributed by atoms with Crippen molar-refractivity contribution in [1.82, 2.24) is 0 Å². The first-order valence-electron chi connectivity index (χ1n) is 8.93. The van der Waals surface area contributed by atoms with Crippen LogP contribution in [0.15, 0.2) is 83.8 Å². The normalized spacial score (nSPS) is 11.4. The Morgan fingerprint density at radius 3 is 2.31 bits per heavy atom. The van der Waals surface area contributed by atoms with Gasteiger partial charge < -0.3 is 4.74 Å². The summed E-state index contributed by atoms with van der Waals surface area (Å²) in [4.78, 5) is 12.6. The van der Waals surface area contributed by atoms with Gasteiger partial charge in [-0.2, -0.15) is 0 Å². The Bertz CT molecular complexity index is 1130. The van der Waals surface area contributed by atoms with Crippen LogP contribution in [0.25, 0.3) is 6.08 Å². The summed E-state index contributed by atoms with van der Waals surface area (Å²) in [5, 5.41) is 0. The van der Waals surface area contributed by atoms with Crippen molar-refractivity contribution in [3.63, 3.8) is 0 Å². The van der Waals surface area contributed by atoms with E-state index in [0.29, 0.717) is 17.0 Å². The molecule has 0 amide bonds. The molecular formula is C23H21NO4S. The van der Waals surface area contributed by atoms with Crippen LogP contribution in [0.2, 0.25) is 0 Å². The molecule has 0 radical (unpaired) electrons. The van der Waals surface area contributed by atoms with Crippen LogP contribution < -0.4 is 9.46 Å². The molecule has 0 unspecified atom stereocenters. The number of hydrogen-bond acceptors (Lipinski definition) is 4. The average molecular weight is 407 g/mol. The SMILES string of the molecule is COc1cccc(C=CC(=O)c2ccc(NS(=O)(=O)c3ccc(C)cc3)cc2)c1. The summed E-state index contributed by atoms with van der Waals surface area (Å²) in [6, 6.07) is 20.3. The maximum Gasteiger partial charge on any atom is 0.261 e. The zero-order valence-corrected chi connectivity index (χ0v) is 16.9. The molecule has 3 rings (SSSR count). The summed E-state index contributed by atoms with van der Waals surface area (Å²) in [5.74, 6) is 0.533. The smallest absolute Gasteiger partial charge is 0.261 e. The summed E-state index contributed by atoms with van der Waals surface area (Å²) in [5.41, 5.74) is 2.68. The van der Waals surface area contributed by atoms with Crippen molar-refractivity contribution < 1.29 is 17.9 Å². The van der Waals surface area contributed by atoms with Gasteiger partial charge in [0.1, 0.15) is 5.75 Å². The molecule has 6 heteroatoms. The van der Waals surface area contributed by atoms with E-state index in [1.807, 2.05) is 31.2 Å². The van der Waals surface area contributed by atoms with Crippen molar-refractivity contribution in [3.8, 4) is 5.75 Å². The van der Waals surface area contributed by atoms with Crippen LogP contribution in [-0.4, -0.2) is 21.3 Å². The lowest BCUT2D eigenvalue weighted by Crippen LogP contribution is -2.13. The Hall–Kier alpha value is -3.38. The second-order valence-corrected chi connectivity index (χ2v) is 8.15. The molecule has 5 nitrogen and oxygen atoms in total. The maximum atomic E-state index is 12.4. The van der Waals surface area contributed by atoms with Crippen molar-refractivity contribution in [1.29, 1.82) is 0 Å². The molecule has 0 bridgehead atoms. The first-order chi connectivity index (χ1) is 13.9. The van der Waals surface area contributed by atoms with Gasteiger partial charge in [0.05, 0.1) is 12.0 Å². The Morgan fingerprint density at radius 1 is 0.966 bits per heavy atom. The van der Waals surface area contributed by atoms with E-state index in [0.717, 1.165) is 11.1 Å². The van der Waals surface area contributed by atoms with Gasteiger partial charge in [-0.25, -0.2) is 8.42 Å². The first kappa shape index (κ1) is 20.4. The van der Waals surface area contributed by atoms with Crippen molar-refractivity contribution in [2.24, 2.45) is 0 Å². The molecule has 0 aromatic heterocycles. The molecule has 0 aliphatic carbocycles. The van der Waals surface area contributed by atoms with Crippen LogP contribution in [0.1, 0.15) is 21.5 Å². The van der Waals surface area contributed by atoms with Crippen molar-refractivity contribution in [2.75, 3.05) is 11.8 Å². The van der Waals surface area contributed by atoms with E-state index < -0.39 is 10.0 Å². The number of ether oxygens (including phenoxy) is 1. The predicted octanol–water partition coefficient (Wildman–Crippen LogP) is 4.70. The molecule has 0 spiro atoms. The Labute approximate surface area is 170 Å². The third-order valence-electron chi connectivity index (χ3n) is 4.27. The number of benzene rings is 3. The molecule has 0 atom stereocenters. The first-order valence-corrected chi connectivity index (χ1v) is 10.4. The van der Waals surface area contributed by atoms with E-state index in [9.17, 15) is 13.2 Å². The highest BCUT2D eigenvalue weighted by Crippen LogP contribution is 2.18. The molecule has 0 saturated carbocycles. The summed E-state index contributed by atoms with van der Waals surface area (Å²) < 4.78 is 32.6. The fourth-order valence-electron chi connectivity index (χ4n) is 2.65. The van der Waals surface area contributed by atoms with Crippen LogP contribution in [-0.2, 0) is 10.0 Å².